The molecule has 2 atom stereocenters. The fraction of sp³-hybridized carbons (Fsp3) is 0.412. The van der Waals surface area contributed by atoms with Gasteiger partial charge in [0, 0.05) is 26.1 Å². The van der Waals surface area contributed by atoms with E-state index in [1.54, 1.807) is 4.90 Å². The third-order valence-electron chi connectivity index (χ3n) is 4.87. The zero-order valence-electron chi connectivity index (χ0n) is 13.9. The number of carbonyl (C=O) groups is 4. The van der Waals surface area contributed by atoms with Crippen LogP contribution < -0.4 is 5.73 Å². The van der Waals surface area contributed by atoms with Crippen LogP contribution >= 0.6 is 0 Å². The number of nitrogens with zero attached hydrogens (tertiary/aromatic N) is 3. The first-order valence-corrected chi connectivity index (χ1v) is 8.10. The van der Waals surface area contributed by atoms with E-state index in [0.717, 1.165) is 10.5 Å². The predicted octanol–water partition coefficient (Wildman–Crippen LogP) is -0.392. The van der Waals surface area contributed by atoms with Crippen molar-refractivity contribution in [3.05, 3.63) is 35.9 Å². The molecular weight excluding hydrogens is 324 g/mol. The van der Waals surface area contributed by atoms with Crippen molar-refractivity contribution in [2.75, 3.05) is 33.2 Å². The lowest BCUT2D eigenvalue weighted by molar-refractivity contribution is -0.144. The number of benzene rings is 1. The Balaban J connectivity index is 1.70. The van der Waals surface area contributed by atoms with Gasteiger partial charge in [-0.15, -0.1) is 0 Å². The van der Waals surface area contributed by atoms with Crippen molar-refractivity contribution < 1.29 is 19.2 Å². The fourth-order valence-corrected chi connectivity index (χ4v) is 3.38. The molecule has 0 radical (unpaired) electrons. The predicted molar refractivity (Wildman–Crippen MR) is 88.2 cm³/mol. The molecule has 5 amide bonds. The van der Waals surface area contributed by atoms with Crippen LogP contribution in [0.1, 0.15) is 11.5 Å². The van der Waals surface area contributed by atoms with Crippen molar-refractivity contribution in [3.8, 4) is 0 Å². The highest BCUT2D eigenvalue weighted by molar-refractivity contribution is 6.44. The van der Waals surface area contributed by atoms with E-state index in [9.17, 15) is 19.2 Å². The minimum absolute atomic E-state index is 0.112. The molecule has 2 fully saturated rings. The van der Waals surface area contributed by atoms with Crippen LogP contribution in [0.3, 0.4) is 0 Å². The summed E-state index contributed by atoms with van der Waals surface area (Å²) in [5.41, 5.74) is 6.97. The molecule has 25 heavy (non-hydrogen) atoms. The molecule has 1 aromatic carbocycles. The average molecular weight is 344 g/mol. The molecule has 0 aromatic heterocycles. The summed E-state index contributed by atoms with van der Waals surface area (Å²) in [6.07, 6.45) is 0. The van der Waals surface area contributed by atoms with Crippen LogP contribution in [0.5, 0.6) is 0 Å². The van der Waals surface area contributed by atoms with Gasteiger partial charge in [-0.05, 0) is 18.0 Å². The summed E-state index contributed by atoms with van der Waals surface area (Å²) in [5.74, 6) is -2.01. The van der Waals surface area contributed by atoms with Crippen LogP contribution in [0, 0.1) is 5.92 Å². The molecule has 8 nitrogen and oxygen atoms in total. The monoisotopic (exact) mass is 344 g/mol. The van der Waals surface area contributed by atoms with Crippen molar-refractivity contribution in [2.24, 2.45) is 11.7 Å². The van der Waals surface area contributed by atoms with E-state index in [0.29, 0.717) is 24.5 Å². The Morgan fingerprint density at radius 2 is 1.80 bits per heavy atom. The van der Waals surface area contributed by atoms with Gasteiger partial charge in [-0.1, -0.05) is 30.3 Å². The maximum absolute atomic E-state index is 12.6. The first-order valence-electron chi connectivity index (χ1n) is 8.10. The molecule has 2 heterocycles. The quantitative estimate of drug-likeness (QED) is 0.592. The highest BCUT2D eigenvalue weighted by Crippen LogP contribution is 2.32. The number of likely N-dealkylation sites (N-methyl/N-ethyl adjacent to an activating group) is 1. The normalized spacial score (nSPS) is 23.8. The van der Waals surface area contributed by atoms with E-state index >= 15 is 0 Å². The molecule has 3 rings (SSSR count). The summed E-state index contributed by atoms with van der Waals surface area (Å²) in [7, 11) is 1.22. The molecule has 2 aliphatic rings. The molecule has 0 saturated carbocycles. The van der Waals surface area contributed by atoms with Gasteiger partial charge >= 0.3 is 17.8 Å². The van der Waals surface area contributed by atoms with Gasteiger partial charge in [0.25, 0.3) is 0 Å². The van der Waals surface area contributed by atoms with Gasteiger partial charge in [-0.25, -0.2) is 9.69 Å². The third-order valence-corrected chi connectivity index (χ3v) is 4.87. The first kappa shape index (κ1) is 17.1. The SMILES string of the molecule is CN1C(=O)C(=O)N(CC(=O)N2C[C@@H](CN)[C@H](c3ccccc3)C2)C1=O. The zero-order valence-corrected chi connectivity index (χ0v) is 13.9. The molecule has 2 aliphatic heterocycles. The van der Waals surface area contributed by atoms with Gasteiger partial charge in [0.1, 0.15) is 6.54 Å². The number of urea groups is 1. The second-order valence-electron chi connectivity index (χ2n) is 6.35. The van der Waals surface area contributed by atoms with Crippen molar-refractivity contribution in [3.63, 3.8) is 0 Å². The molecule has 2 N–H and O–H groups in total. The number of nitrogens with two attached hydrogens (primary N) is 1. The third kappa shape index (κ3) is 3.00. The van der Waals surface area contributed by atoms with Gasteiger partial charge in [-0.3, -0.25) is 19.3 Å². The lowest BCUT2D eigenvalue weighted by Crippen LogP contribution is -2.42. The zero-order chi connectivity index (χ0) is 18.1. The standard InChI is InChI=1S/C17H20N4O4/c1-19-15(23)16(24)21(17(19)25)10-14(22)20-8-12(7-18)13(9-20)11-5-3-2-4-6-11/h2-6,12-13H,7-10,18H2,1H3/t12-,13+/m1/s1. The highest BCUT2D eigenvalue weighted by Gasteiger charge is 2.44. The highest BCUT2D eigenvalue weighted by atomic mass is 16.2. The Hall–Kier alpha value is -2.74. The molecule has 132 valence electrons. The van der Waals surface area contributed by atoms with Gasteiger partial charge in [0.15, 0.2) is 0 Å². The summed E-state index contributed by atoms with van der Waals surface area (Å²) >= 11 is 0. The number of hydrogen-bond acceptors (Lipinski definition) is 5. The van der Waals surface area contributed by atoms with Crippen molar-refractivity contribution in [1.29, 1.82) is 0 Å². The van der Waals surface area contributed by atoms with Gasteiger partial charge in [0.05, 0.1) is 0 Å². The van der Waals surface area contributed by atoms with Crippen LogP contribution in [0.2, 0.25) is 0 Å². The van der Waals surface area contributed by atoms with Gasteiger partial charge in [-0.2, -0.15) is 0 Å². The number of rotatable bonds is 4. The van der Waals surface area contributed by atoms with Crippen LogP contribution in [0.15, 0.2) is 30.3 Å². The molecule has 0 unspecified atom stereocenters. The Kier molecular flexibility index (Phi) is 4.54. The lowest BCUT2D eigenvalue weighted by atomic mass is 9.89. The van der Waals surface area contributed by atoms with Gasteiger partial charge < -0.3 is 10.6 Å². The summed E-state index contributed by atoms with van der Waals surface area (Å²) < 4.78 is 0. The van der Waals surface area contributed by atoms with Gasteiger partial charge in [0.2, 0.25) is 5.91 Å². The lowest BCUT2D eigenvalue weighted by Gasteiger charge is -2.19. The maximum atomic E-state index is 12.6. The molecule has 0 aliphatic carbocycles. The Bertz CT molecular complexity index is 721. The largest absolute Gasteiger partial charge is 0.340 e. The molecule has 0 bridgehead atoms. The van der Waals surface area contributed by atoms with E-state index < -0.39 is 24.4 Å². The average Bonchev–Trinajstić information content (AvgIpc) is 3.15. The maximum Gasteiger partial charge on any atom is 0.334 e. The van der Waals surface area contributed by atoms with E-state index in [1.165, 1.54) is 7.05 Å². The van der Waals surface area contributed by atoms with E-state index in [2.05, 4.69) is 0 Å². The number of carbonyl (C=O) groups excluding carboxylic acids is 4. The number of imide groups is 2. The van der Waals surface area contributed by atoms with Crippen LogP contribution in [0.25, 0.3) is 0 Å². The number of amides is 5. The summed E-state index contributed by atoms with van der Waals surface area (Å²) in [5, 5.41) is 0. The van der Waals surface area contributed by atoms with Crippen molar-refractivity contribution in [2.45, 2.75) is 5.92 Å². The number of hydrogen-bond donors (Lipinski definition) is 1. The Morgan fingerprint density at radius 3 is 2.36 bits per heavy atom. The van der Waals surface area contributed by atoms with Crippen LogP contribution in [0.4, 0.5) is 4.79 Å². The van der Waals surface area contributed by atoms with E-state index in [4.69, 9.17) is 5.73 Å². The van der Waals surface area contributed by atoms with E-state index in [-0.39, 0.29) is 17.7 Å². The number of likely N-dealkylation sites (tertiary alicyclic amines) is 1. The Labute approximate surface area is 145 Å². The molecule has 2 saturated heterocycles. The van der Waals surface area contributed by atoms with Crippen molar-refractivity contribution in [1.82, 2.24) is 14.7 Å². The molecular formula is C17H20N4O4. The van der Waals surface area contributed by atoms with Crippen LogP contribution in [-0.2, 0) is 14.4 Å². The minimum Gasteiger partial charge on any atom is -0.340 e. The van der Waals surface area contributed by atoms with Crippen LogP contribution in [-0.4, -0.2) is 71.7 Å². The van der Waals surface area contributed by atoms with E-state index in [1.807, 2.05) is 30.3 Å². The topological polar surface area (TPSA) is 104 Å². The fourth-order valence-electron chi connectivity index (χ4n) is 3.38. The smallest absolute Gasteiger partial charge is 0.334 e. The summed E-state index contributed by atoms with van der Waals surface area (Å²) in [6.45, 7) is 0.957. The molecule has 1 aromatic rings. The minimum atomic E-state index is -0.963. The first-order chi connectivity index (χ1) is 11.9. The molecule has 0 spiro atoms. The summed E-state index contributed by atoms with van der Waals surface area (Å²) in [6, 6.07) is 9.05. The Morgan fingerprint density at radius 1 is 1.12 bits per heavy atom. The summed E-state index contributed by atoms with van der Waals surface area (Å²) in [4.78, 5) is 50.8. The molecule has 8 heteroatoms. The second-order valence-corrected chi connectivity index (χ2v) is 6.35. The second kappa shape index (κ2) is 6.64. The van der Waals surface area contributed by atoms with Crippen molar-refractivity contribution >= 4 is 23.8 Å².